The maximum absolute atomic E-state index is 12.1. The Balaban J connectivity index is 2.02. The van der Waals surface area contributed by atoms with Crippen LogP contribution in [0, 0.1) is 5.92 Å². The molecule has 1 aromatic rings. The molecule has 1 aliphatic rings. The van der Waals surface area contributed by atoms with Crippen LogP contribution in [-0.2, 0) is 4.74 Å². The summed E-state index contributed by atoms with van der Waals surface area (Å²) < 4.78 is 5.11. The number of methoxy groups -OCH3 is 1. The zero-order valence-corrected chi connectivity index (χ0v) is 10.5. The summed E-state index contributed by atoms with van der Waals surface area (Å²) in [7, 11) is 1.69. The molecule has 0 spiro atoms. The number of nitrogens with zero attached hydrogens (tertiary/aromatic N) is 2. The molecule has 0 unspecified atom stereocenters. The van der Waals surface area contributed by atoms with Crippen molar-refractivity contribution in [1.82, 2.24) is 9.88 Å². The minimum Gasteiger partial charge on any atom is -0.384 e. The van der Waals surface area contributed by atoms with Gasteiger partial charge in [-0.15, -0.1) is 0 Å². The average molecular weight is 255 g/mol. The third-order valence-corrected chi connectivity index (χ3v) is 3.13. The van der Waals surface area contributed by atoms with Gasteiger partial charge in [0.15, 0.2) is 0 Å². The summed E-state index contributed by atoms with van der Waals surface area (Å²) in [6.45, 7) is 2.23. The molecule has 0 saturated carbocycles. The van der Waals surface area contributed by atoms with E-state index in [-0.39, 0.29) is 5.91 Å². The van der Waals surface area contributed by atoms with Crippen LogP contribution in [0.25, 0.3) is 0 Å². The lowest BCUT2D eigenvalue weighted by atomic mass is 10.1. The Morgan fingerprint density at radius 3 is 3.18 bits per heavy atom. The molecule has 2 rings (SSSR count). The van der Waals surface area contributed by atoms with Gasteiger partial charge in [-0.05, 0) is 12.5 Å². The molecule has 1 saturated heterocycles. The molecular weight excluding hydrogens is 240 g/mol. The summed E-state index contributed by atoms with van der Waals surface area (Å²) in [5.41, 5.74) is 0.551. The van der Waals surface area contributed by atoms with Gasteiger partial charge in [-0.2, -0.15) is 0 Å². The van der Waals surface area contributed by atoms with Crippen LogP contribution in [0.3, 0.4) is 0 Å². The molecule has 1 aliphatic heterocycles. The first kappa shape index (κ1) is 12.3. The van der Waals surface area contributed by atoms with E-state index in [0.29, 0.717) is 23.1 Å². The summed E-state index contributed by atoms with van der Waals surface area (Å²) in [5.74, 6) is 0.440. The Morgan fingerprint density at radius 2 is 2.47 bits per heavy atom. The Kier molecular flexibility index (Phi) is 3.97. The number of amides is 1. The molecular formula is C12H15ClN2O2. The molecule has 1 atom stereocenters. The highest BCUT2D eigenvalue weighted by Crippen LogP contribution is 2.19. The number of carbonyl (C=O) groups is 1. The van der Waals surface area contributed by atoms with E-state index in [1.165, 1.54) is 6.20 Å². The molecule has 1 fully saturated rings. The van der Waals surface area contributed by atoms with Gasteiger partial charge in [0, 0.05) is 38.5 Å². The Bertz CT molecular complexity index is 411. The first-order valence-electron chi connectivity index (χ1n) is 5.59. The largest absolute Gasteiger partial charge is 0.384 e. The number of hydrogen-bond acceptors (Lipinski definition) is 3. The third-order valence-electron chi connectivity index (χ3n) is 2.93. The van der Waals surface area contributed by atoms with Crippen LogP contribution >= 0.6 is 11.6 Å². The van der Waals surface area contributed by atoms with Crippen LogP contribution in [0.1, 0.15) is 16.8 Å². The average Bonchev–Trinajstić information content (AvgIpc) is 2.77. The van der Waals surface area contributed by atoms with Crippen molar-refractivity contribution < 1.29 is 9.53 Å². The fraction of sp³-hybridized carbons (Fsp3) is 0.500. The zero-order valence-electron chi connectivity index (χ0n) is 9.73. The molecule has 0 radical (unpaired) electrons. The summed E-state index contributed by atoms with van der Waals surface area (Å²) in [6.07, 6.45) is 4.07. The molecule has 1 aromatic heterocycles. The highest BCUT2D eigenvalue weighted by atomic mass is 35.5. The number of rotatable bonds is 3. The smallest absolute Gasteiger partial charge is 0.255 e. The lowest BCUT2D eigenvalue weighted by molar-refractivity contribution is 0.0775. The Labute approximate surface area is 106 Å². The van der Waals surface area contributed by atoms with Gasteiger partial charge in [-0.25, -0.2) is 0 Å². The number of ether oxygens (including phenoxy) is 1. The summed E-state index contributed by atoms with van der Waals surface area (Å²) in [6, 6.07) is 1.65. The van der Waals surface area contributed by atoms with E-state index in [1.807, 2.05) is 4.90 Å². The van der Waals surface area contributed by atoms with Crippen molar-refractivity contribution in [3.8, 4) is 0 Å². The fourth-order valence-corrected chi connectivity index (χ4v) is 2.27. The van der Waals surface area contributed by atoms with Crippen molar-refractivity contribution in [2.24, 2.45) is 5.92 Å². The van der Waals surface area contributed by atoms with E-state index in [2.05, 4.69) is 4.98 Å². The second-order valence-corrected chi connectivity index (χ2v) is 4.69. The lowest BCUT2D eigenvalue weighted by Gasteiger charge is -2.16. The minimum absolute atomic E-state index is 0.00129. The van der Waals surface area contributed by atoms with Crippen molar-refractivity contribution in [2.45, 2.75) is 6.42 Å². The van der Waals surface area contributed by atoms with Gasteiger partial charge in [-0.1, -0.05) is 11.6 Å². The summed E-state index contributed by atoms with van der Waals surface area (Å²) >= 11 is 5.82. The SMILES string of the molecule is COC[C@@H]1CCN(C(=O)c2cncc(Cl)c2)C1. The number of carbonyl (C=O) groups excluding carboxylic acids is 1. The maximum Gasteiger partial charge on any atom is 0.255 e. The summed E-state index contributed by atoms with van der Waals surface area (Å²) in [5, 5.41) is 0.489. The monoisotopic (exact) mass is 254 g/mol. The van der Waals surface area contributed by atoms with E-state index in [4.69, 9.17) is 16.3 Å². The quantitative estimate of drug-likeness (QED) is 0.827. The minimum atomic E-state index is -0.00129. The number of halogens is 1. The predicted molar refractivity (Wildman–Crippen MR) is 65.1 cm³/mol. The summed E-state index contributed by atoms with van der Waals surface area (Å²) in [4.78, 5) is 17.9. The Morgan fingerprint density at radius 1 is 1.65 bits per heavy atom. The molecule has 0 N–H and O–H groups in total. The van der Waals surface area contributed by atoms with Gasteiger partial charge in [0.2, 0.25) is 0 Å². The van der Waals surface area contributed by atoms with Crippen LogP contribution in [0.15, 0.2) is 18.5 Å². The van der Waals surface area contributed by atoms with Gasteiger partial charge in [0.05, 0.1) is 17.2 Å². The maximum atomic E-state index is 12.1. The van der Waals surface area contributed by atoms with E-state index < -0.39 is 0 Å². The van der Waals surface area contributed by atoms with E-state index in [0.717, 1.165) is 19.5 Å². The highest BCUT2D eigenvalue weighted by Gasteiger charge is 2.26. The number of pyridine rings is 1. The van der Waals surface area contributed by atoms with E-state index in [1.54, 1.807) is 19.4 Å². The zero-order chi connectivity index (χ0) is 12.3. The highest BCUT2D eigenvalue weighted by molar-refractivity contribution is 6.30. The van der Waals surface area contributed by atoms with Gasteiger partial charge in [0.25, 0.3) is 5.91 Å². The van der Waals surface area contributed by atoms with Crippen molar-refractivity contribution in [3.63, 3.8) is 0 Å². The first-order chi connectivity index (χ1) is 8.20. The molecule has 4 nitrogen and oxygen atoms in total. The molecule has 0 bridgehead atoms. The number of likely N-dealkylation sites (tertiary alicyclic amines) is 1. The van der Waals surface area contributed by atoms with Crippen LogP contribution < -0.4 is 0 Å². The topological polar surface area (TPSA) is 42.4 Å². The third kappa shape index (κ3) is 2.96. The first-order valence-corrected chi connectivity index (χ1v) is 5.97. The van der Waals surface area contributed by atoms with Crippen molar-refractivity contribution >= 4 is 17.5 Å². The van der Waals surface area contributed by atoms with Gasteiger partial charge in [-0.3, -0.25) is 9.78 Å². The van der Waals surface area contributed by atoms with E-state index in [9.17, 15) is 4.79 Å². The molecule has 0 aromatic carbocycles. The van der Waals surface area contributed by atoms with Crippen LogP contribution in [0.5, 0.6) is 0 Å². The number of hydrogen-bond donors (Lipinski definition) is 0. The molecule has 17 heavy (non-hydrogen) atoms. The standard InChI is InChI=1S/C12H15ClN2O2/c1-17-8-9-2-3-15(7-9)12(16)10-4-11(13)6-14-5-10/h4-6,9H,2-3,7-8H2,1H3/t9-/m1/s1. The van der Waals surface area contributed by atoms with Crippen LogP contribution in [0.4, 0.5) is 0 Å². The Hall–Kier alpha value is -1.13. The lowest BCUT2D eigenvalue weighted by Crippen LogP contribution is -2.29. The second kappa shape index (κ2) is 5.47. The normalized spacial score (nSPS) is 19.6. The van der Waals surface area contributed by atoms with Gasteiger partial charge < -0.3 is 9.64 Å². The fourth-order valence-electron chi connectivity index (χ4n) is 2.10. The second-order valence-electron chi connectivity index (χ2n) is 4.25. The number of aromatic nitrogens is 1. The van der Waals surface area contributed by atoms with Crippen LogP contribution in [-0.4, -0.2) is 42.6 Å². The van der Waals surface area contributed by atoms with Crippen molar-refractivity contribution in [2.75, 3.05) is 26.8 Å². The molecule has 1 amide bonds. The van der Waals surface area contributed by atoms with E-state index >= 15 is 0 Å². The predicted octanol–water partition coefficient (Wildman–Crippen LogP) is 1.84. The molecule has 5 heteroatoms. The molecule has 2 heterocycles. The van der Waals surface area contributed by atoms with Gasteiger partial charge >= 0.3 is 0 Å². The van der Waals surface area contributed by atoms with Crippen LogP contribution in [0.2, 0.25) is 5.02 Å². The van der Waals surface area contributed by atoms with Gasteiger partial charge in [0.1, 0.15) is 0 Å². The van der Waals surface area contributed by atoms with Crippen molar-refractivity contribution in [1.29, 1.82) is 0 Å². The molecule has 92 valence electrons. The van der Waals surface area contributed by atoms with Crippen molar-refractivity contribution in [3.05, 3.63) is 29.0 Å². The molecule has 0 aliphatic carbocycles.